The average molecular weight is 373 g/mol. The molecule has 0 aromatic heterocycles. The van der Waals surface area contributed by atoms with E-state index in [1.165, 1.54) is 0 Å². The fourth-order valence-corrected chi connectivity index (χ4v) is 3.27. The molecule has 4 nitrogen and oxygen atoms in total. The van der Waals surface area contributed by atoms with Crippen molar-refractivity contribution in [3.63, 3.8) is 0 Å². The first-order valence-electron chi connectivity index (χ1n) is 9.17. The van der Waals surface area contributed by atoms with Crippen LogP contribution < -0.4 is 10.1 Å². The number of benzene rings is 3. The first-order chi connectivity index (χ1) is 13.6. The molecule has 3 aromatic rings. The molecule has 0 atom stereocenters. The molecule has 0 aliphatic heterocycles. The molecule has 28 heavy (non-hydrogen) atoms. The van der Waals surface area contributed by atoms with E-state index in [4.69, 9.17) is 4.74 Å². The predicted octanol–water partition coefficient (Wildman–Crippen LogP) is 4.40. The fraction of sp³-hybridized carbons (Fsp3) is 0.167. The summed E-state index contributed by atoms with van der Waals surface area (Å²) in [7, 11) is 0. The van der Waals surface area contributed by atoms with Crippen LogP contribution in [0.15, 0.2) is 72.8 Å². The Balaban J connectivity index is 1.74. The molecule has 0 aliphatic rings. The standard InChI is InChI=1S/C24H23NO3/c1-17-13-19(15-26)14-18(2)24(17)28-16-22(27)25-23(20-9-5-3-6-10-20)21-11-7-4-8-12-21/h3-15,23H,16H2,1-2H3,(H,25,27). The van der Waals surface area contributed by atoms with Gasteiger partial charge in [-0.3, -0.25) is 9.59 Å². The Labute approximate surface area is 165 Å². The quantitative estimate of drug-likeness (QED) is 0.625. The van der Waals surface area contributed by atoms with Crippen LogP contribution in [0.4, 0.5) is 0 Å². The van der Waals surface area contributed by atoms with Gasteiger partial charge in [0.15, 0.2) is 6.61 Å². The van der Waals surface area contributed by atoms with Crippen LogP contribution in [0.25, 0.3) is 0 Å². The smallest absolute Gasteiger partial charge is 0.258 e. The molecule has 0 unspecified atom stereocenters. The number of hydrogen-bond donors (Lipinski definition) is 1. The number of amides is 1. The Morgan fingerprint density at radius 3 is 1.89 bits per heavy atom. The lowest BCUT2D eigenvalue weighted by atomic mass is 9.99. The van der Waals surface area contributed by atoms with Gasteiger partial charge in [-0.25, -0.2) is 0 Å². The summed E-state index contributed by atoms with van der Waals surface area (Å²) in [6, 6.07) is 22.9. The average Bonchev–Trinajstić information content (AvgIpc) is 2.72. The molecule has 0 bridgehead atoms. The molecule has 0 fully saturated rings. The molecule has 0 radical (unpaired) electrons. The predicted molar refractivity (Wildman–Crippen MR) is 110 cm³/mol. The molecule has 0 heterocycles. The second-order valence-electron chi connectivity index (χ2n) is 6.71. The highest BCUT2D eigenvalue weighted by Gasteiger charge is 2.17. The zero-order chi connectivity index (χ0) is 19.9. The summed E-state index contributed by atoms with van der Waals surface area (Å²) in [4.78, 5) is 23.6. The van der Waals surface area contributed by atoms with Gasteiger partial charge in [-0.1, -0.05) is 60.7 Å². The minimum atomic E-state index is -0.252. The first-order valence-corrected chi connectivity index (χ1v) is 9.17. The van der Waals surface area contributed by atoms with Crippen LogP contribution in [0.3, 0.4) is 0 Å². The summed E-state index contributed by atoms with van der Waals surface area (Å²) < 4.78 is 5.77. The van der Waals surface area contributed by atoms with Crippen LogP contribution >= 0.6 is 0 Å². The Hall–Kier alpha value is -3.40. The minimum absolute atomic E-state index is 0.0989. The van der Waals surface area contributed by atoms with Crippen molar-refractivity contribution in [2.45, 2.75) is 19.9 Å². The summed E-state index contributed by atoms with van der Waals surface area (Å²) >= 11 is 0. The molecule has 0 saturated carbocycles. The molecule has 0 spiro atoms. The van der Waals surface area contributed by atoms with Gasteiger partial charge in [-0.15, -0.1) is 0 Å². The van der Waals surface area contributed by atoms with E-state index in [0.717, 1.165) is 28.5 Å². The molecule has 3 aromatic carbocycles. The van der Waals surface area contributed by atoms with Gasteiger partial charge in [-0.05, 0) is 48.2 Å². The number of hydrogen-bond acceptors (Lipinski definition) is 3. The van der Waals surface area contributed by atoms with Crippen molar-refractivity contribution < 1.29 is 14.3 Å². The van der Waals surface area contributed by atoms with E-state index in [-0.39, 0.29) is 18.6 Å². The van der Waals surface area contributed by atoms with Crippen molar-refractivity contribution in [3.05, 3.63) is 101 Å². The Morgan fingerprint density at radius 2 is 1.43 bits per heavy atom. The first kappa shape index (κ1) is 19.4. The summed E-state index contributed by atoms with van der Waals surface area (Å²) in [5.74, 6) is 0.424. The maximum atomic E-state index is 12.6. The van der Waals surface area contributed by atoms with Gasteiger partial charge in [0.1, 0.15) is 12.0 Å². The maximum absolute atomic E-state index is 12.6. The largest absolute Gasteiger partial charge is 0.483 e. The van der Waals surface area contributed by atoms with Gasteiger partial charge >= 0.3 is 0 Å². The van der Waals surface area contributed by atoms with Crippen molar-refractivity contribution >= 4 is 12.2 Å². The summed E-state index contributed by atoms with van der Waals surface area (Å²) in [6.07, 6.45) is 0.806. The van der Waals surface area contributed by atoms with Gasteiger partial charge in [0, 0.05) is 5.56 Å². The number of nitrogens with one attached hydrogen (secondary N) is 1. The van der Waals surface area contributed by atoms with Gasteiger partial charge in [0.05, 0.1) is 6.04 Å². The van der Waals surface area contributed by atoms with Crippen molar-refractivity contribution in [3.8, 4) is 5.75 Å². The van der Waals surface area contributed by atoms with E-state index in [9.17, 15) is 9.59 Å². The van der Waals surface area contributed by atoms with Crippen LogP contribution in [0.1, 0.15) is 38.7 Å². The number of ether oxygens (including phenoxy) is 1. The van der Waals surface area contributed by atoms with Gasteiger partial charge in [-0.2, -0.15) is 0 Å². The second kappa shape index (κ2) is 9.00. The van der Waals surface area contributed by atoms with Crippen molar-refractivity contribution in [1.82, 2.24) is 5.32 Å². The molecular weight excluding hydrogens is 350 g/mol. The topological polar surface area (TPSA) is 55.4 Å². The normalized spacial score (nSPS) is 10.5. The molecule has 0 aliphatic carbocycles. The van der Waals surface area contributed by atoms with Gasteiger partial charge in [0.2, 0.25) is 0 Å². The molecule has 1 amide bonds. The highest BCUT2D eigenvalue weighted by Crippen LogP contribution is 2.25. The lowest BCUT2D eigenvalue weighted by molar-refractivity contribution is -0.123. The Bertz CT molecular complexity index is 890. The van der Waals surface area contributed by atoms with Crippen LogP contribution in [-0.2, 0) is 4.79 Å². The molecule has 0 saturated heterocycles. The molecule has 142 valence electrons. The zero-order valence-electron chi connectivity index (χ0n) is 16.0. The Kier molecular flexibility index (Phi) is 6.22. The molecule has 3 rings (SSSR count). The van der Waals surface area contributed by atoms with E-state index in [2.05, 4.69) is 5.32 Å². The number of rotatable bonds is 7. The lowest BCUT2D eigenvalue weighted by Gasteiger charge is -2.20. The summed E-state index contributed by atoms with van der Waals surface area (Å²) in [5, 5.41) is 3.06. The Morgan fingerprint density at radius 1 is 0.929 bits per heavy atom. The van der Waals surface area contributed by atoms with E-state index in [0.29, 0.717) is 11.3 Å². The number of carbonyl (C=O) groups is 2. The third-order valence-electron chi connectivity index (χ3n) is 4.54. The van der Waals surface area contributed by atoms with E-state index < -0.39 is 0 Å². The summed E-state index contributed by atoms with van der Waals surface area (Å²) in [6.45, 7) is 3.63. The van der Waals surface area contributed by atoms with Gasteiger partial charge < -0.3 is 10.1 Å². The van der Waals surface area contributed by atoms with Crippen LogP contribution in [0.5, 0.6) is 5.75 Å². The van der Waals surface area contributed by atoms with Crippen LogP contribution in [0, 0.1) is 13.8 Å². The minimum Gasteiger partial charge on any atom is -0.483 e. The zero-order valence-corrected chi connectivity index (χ0v) is 16.0. The molecular formula is C24H23NO3. The number of aryl methyl sites for hydroxylation is 2. The fourth-order valence-electron chi connectivity index (χ4n) is 3.27. The summed E-state index contributed by atoms with van der Waals surface area (Å²) in [5.41, 5.74) is 4.27. The van der Waals surface area contributed by atoms with Crippen molar-refractivity contribution in [2.75, 3.05) is 6.61 Å². The van der Waals surface area contributed by atoms with Crippen LogP contribution in [0.2, 0.25) is 0 Å². The monoisotopic (exact) mass is 373 g/mol. The van der Waals surface area contributed by atoms with Crippen LogP contribution in [-0.4, -0.2) is 18.8 Å². The highest BCUT2D eigenvalue weighted by atomic mass is 16.5. The van der Waals surface area contributed by atoms with Crippen molar-refractivity contribution in [1.29, 1.82) is 0 Å². The number of carbonyl (C=O) groups excluding carboxylic acids is 2. The highest BCUT2D eigenvalue weighted by molar-refractivity contribution is 5.79. The molecule has 4 heteroatoms. The SMILES string of the molecule is Cc1cc(C=O)cc(C)c1OCC(=O)NC(c1ccccc1)c1ccccc1. The third-order valence-corrected chi connectivity index (χ3v) is 4.54. The third kappa shape index (κ3) is 4.65. The molecule has 1 N–H and O–H groups in total. The van der Waals surface area contributed by atoms with E-state index in [1.54, 1.807) is 12.1 Å². The lowest BCUT2D eigenvalue weighted by Crippen LogP contribution is -2.33. The maximum Gasteiger partial charge on any atom is 0.258 e. The second-order valence-corrected chi connectivity index (χ2v) is 6.71. The van der Waals surface area contributed by atoms with E-state index >= 15 is 0 Å². The van der Waals surface area contributed by atoms with Gasteiger partial charge in [0.25, 0.3) is 5.91 Å². The van der Waals surface area contributed by atoms with Crippen molar-refractivity contribution in [2.24, 2.45) is 0 Å². The van der Waals surface area contributed by atoms with E-state index in [1.807, 2.05) is 74.5 Å². The number of aldehydes is 1.